The van der Waals surface area contributed by atoms with Gasteiger partial charge in [-0.15, -0.1) is 0 Å². The van der Waals surface area contributed by atoms with Crippen LogP contribution in [-0.4, -0.2) is 50.2 Å². The first kappa shape index (κ1) is 20.9. The fourth-order valence-corrected chi connectivity index (χ4v) is 3.03. The Hall–Kier alpha value is -3.81. The predicted molar refractivity (Wildman–Crippen MR) is 110 cm³/mol. The number of aromatic amines is 1. The Balaban J connectivity index is 1.57. The van der Waals surface area contributed by atoms with Crippen molar-refractivity contribution >= 4 is 28.7 Å². The number of amides is 1. The number of fused-ring (bicyclic) bond motifs is 1. The molecule has 2 aromatic carbocycles. The number of rotatable bonds is 8. The van der Waals surface area contributed by atoms with Crippen LogP contribution in [0.3, 0.4) is 0 Å². The van der Waals surface area contributed by atoms with Crippen molar-refractivity contribution in [3.05, 3.63) is 65.4 Å². The van der Waals surface area contributed by atoms with Crippen LogP contribution in [0, 0.1) is 0 Å². The van der Waals surface area contributed by atoms with Crippen LogP contribution in [0.1, 0.15) is 26.3 Å². The van der Waals surface area contributed by atoms with E-state index in [-0.39, 0.29) is 29.4 Å². The average Bonchev–Trinajstić information content (AvgIpc) is 3.19. The highest BCUT2D eigenvalue weighted by atomic mass is 16.5. The van der Waals surface area contributed by atoms with Gasteiger partial charge in [0.2, 0.25) is 0 Å². The normalized spacial score (nSPS) is 10.5. The number of benzene rings is 2. The zero-order chi connectivity index (χ0) is 21.5. The number of ether oxygens (including phenoxy) is 3. The maximum atomic E-state index is 12.1. The van der Waals surface area contributed by atoms with E-state index in [2.05, 4.69) is 19.8 Å². The lowest BCUT2D eigenvalue weighted by atomic mass is 10.1. The maximum Gasteiger partial charge on any atom is 0.338 e. The molecular weight excluding hydrogens is 388 g/mol. The van der Waals surface area contributed by atoms with Gasteiger partial charge in [-0.1, -0.05) is 18.2 Å². The first-order valence-electron chi connectivity index (χ1n) is 9.28. The fraction of sp³-hybridized carbons (Fsp3) is 0.227. The Morgan fingerprint density at radius 3 is 2.30 bits per heavy atom. The Kier molecular flexibility index (Phi) is 6.69. The average molecular weight is 410 g/mol. The minimum absolute atomic E-state index is 0.121. The first-order chi connectivity index (χ1) is 14.5. The van der Waals surface area contributed by atoms with E-state index in [9.17, 15) is 14.4 Å². The van der Waals surface area contributed by atoms with Crippen molar-refractivity contribution in [2.24, 2.45) is 0 Å². The SMILES string of the molecule is COC(=O)c1cc(OCC(=O)NCCc2c[nH]c3ccccc23)cc(C(=O)OC)c1. The molecule has 0 saturated carbocycles. The summed E-state index contributed by atoms with van der Waals surface area (Å²) in [5, 5.41) is 3.92. The Bertz CT molecular complexity index is 1040. The summed E-state index contributed by atoms with van der Waals surface area (Å²) in [7, 11) is 2.46. The third-order valence-electron chi connectivity index (χ3n) is 4.51. The second-order valence-corrected chi connectivity index (χ2v) is 6.48. The molecule has 8 nitrogen and oxygen atoms in total. The van der Waals surface area contributed by atoms with Gasteiger partial charge in [0, 0.05) is 23.6 Å². The second kappa shape index (κ2) is 9.60. The van der Waals surface area contributed by atoms with Crippen molar-refractivity contribution in [1.29, 1.82) is 0 Å². The van der Waals surface area contributed by atoms with E-state index in [1.807, 2.05) is 30.5 Å². The molecule has 0 fully saturated rings. The Morgan fingerprint density at radius 1 is 0.967 bits per heavy atom. The van der Waals surface area contributed by atoms with Gasteiger partial charge >= 0.3 is 11.9 Å². The summed E-state index contributed by atoms with van der Waals surface area (Å²) < 4.78 is 14.8. The van der Waals surface area contributed by atoms with E-state index >= 15 is 0 Å². The first-order valence-corrected chi connectivity index (χ1v) is 9.28. The lowest BCUT2D eigenvalue weighted by molar-refractivity contribution is -0.123. The lowest BCUT2D eigenvalue weighted by Gasteiger charge is -2.10. The van der Waals surface area contributed by atoms with Crippen LogP contribution < -0.4 is 10.1 Å². The number of carbonyl (C=O) groups is 3. The number of hydrogen-bond donors (Lipinski definition) is 2. The molecule has 30 heavy (non-hydrogen) atoms. The Morgan fingerprint density at radius 2 is 1.63 bits per heavy atom. The van der Waals surface area contributed by atoms with Crippen molar-refractivity contribution in [3.8, 4) is 5.75 Å². The van der Waals surface area contributed by atoms with Gasteiger partial charge in [-0.05, 0) is 36.2 Å². The fourth-order valence-electron chi connectivity index (χ4n) is 3.03. The van der Waals surface area contributed by atoms with Gasteiger partial charge in [-0.2, -0.15) is 0 Å². The van der Waals surface area contributed by atoms with Crippen LogP contribution in [0.15, 0.2) is 48.7 Å². The maximum absolute atomic E-state index is 12.1. The van der Waals surface area contributed by atoms with Gasteiger partial charge in [0.05, 0.1) is 25.3 Å². The molecule has 0 aliphatic heterocycles. The topological polar surface area (TPSA) is 107 Å². The van der Waals surface area contributed by atoms with Crippen LogP contribution in [0.2, 0.25) is 0 Å². The van der Waals surface area contributed by atoms with Crippen LogP contribution in [-0.2, 0) is 20.7 Å². The summed E-state index contributed by atoms with van der Waals surface area (Å²) in [6.45, 7) is 0.179. The summed E-state index contributed by atoms with van der Waals surface area (Å²) in [4.78, 5) is 38.9. The van der Waals surface area contributed by atoms with Gasteiger partial charge in [0.1, 0.15) is 5.75 Å². The van der Waals surface area contributed by atoms with E-state index in [1.54, 1.807) is 0 Å². The number of esters is 2. The molecule has 0 aliphatic rings. The molecule has 0 radical (unpaired) electrons. The van der Waals surface area contributed by atoms with Crippen molar-refractivity contribution in [1.82, 2.24) is 10.3 Å². The van der Waals surface area contributed by atoms with Gasteiger partial charge in [0.15, 0.2) is 6.61 Å². The van der Waals surface area contributed by atoms with Crippen LogP contribution in [0.4, 0.5) is 0 Å². The minimum atomic E-state index is -0.631. The molecule has 0 spiro atoms. The molecule has 3 aromatic rings. The van der Waals surface area contributed by atoms with E-state index in [0.29, 0.717) is 13.0 Å². The summed E-state index contributed by atoms with van der Waals surface area (Å²) in [5.74, 6) is -1.40. The number of nitrogens with one attached hydrogen (secondary N) is 2. The highest BCUT2D eigenvalue weighted by Gasteiger charge is 2.15. The van der Waals surface area contributed by atoms with Crippen molar-refractivity contribution < 1.29 is 28.6 Å². The molecule has 1 heterocycles. The molecule has 0 unspecified atom stereocenters. The molecule has 1 aromatic heterocycles. The smallest absolute Gasteiger partial charge is 0.338 e. The molecule has 0 saturated heterocycles. The van der Waals surface area contributed by atoms with E-state index < -0.39 is 11.9 Å². The largest absolute Gasteiger partial charge is 0.484 e. The van der Waals surface area contributed by atoms with Crippen molar-refractivity contribution in [2.75, 3.05) is 27.4 Å². The third kappa shape index (κ3) is 4.96. The number of hydrogen-bond acceptors (Lipinski definition) is 6. The van der Waals surface area contributed by atoms with E-state index in [0.717, 1.165) is 16.5 Å². The number of methoxy groups -OCH3 is 2. The zero-order valence-electron chi connectivity index (χ0n) is 16.7. The second-order valence-electron chi connectivity index (χ2n) is 6.48. The summed E-state index contributed by atoms with van der Waals surface area (Å²) in [6, 6.07) is 12.1. The van der Waals surface area contributed by atoms with Crippen LogP contribution >= 0.6 is 0 Å². The van der Waals surface area contributed by atoms with Gasteiger partial charge in [-0.25, -0.2) is 9.59 Å². The summed E-state index contributed by atoms with van der Waals surface area (Å²) >= 11 is 0. The van der Waals surface area contributed by atoms with Crippen molar-refractivity contribution in [2.45, 2.75) is 6.42 Å². The molecule has 3 rings (SSSR count). The van der Waals surface area contributed by atoms with Gasteiger partial charge < -0.3 is 24.5 Å². The highest BCUT2D eigenvalue weighted by molar-refractivity contribution is 5.96. The molecule has 2 N–H and O–H groups in total. The number of carbonyl (C=O) groups excluding carboxylic acids is 3. The number of aromatic nitrogens is 1. The van der Waals surface area contributed by atoms with Crippen LogP contribution in [0.25, 0.3) is 10.9 Å². The van der Waals surface area contributed by atoms with Gasteiger partial charge in [-0.3, -0.25) is 4.79 Å². The molecule has 8 heteroatoms. The minimum Gasteiger partial charge on any atom is -0.484 e. The zero-order valence-corrected chi connectivity index (χ0v) is 16.7. The molecule has 1 amide bonds. The molecular formula is C22H22N2O6. The summed E-state index contributed by atoms with van der Waals surface area (Å²) in [5.41, 5.74) is 2.40. The monoisotopic (exact) mass is 410 g/mol. The molecule has 0 bridgehead atoms. The van der Waals surface area contributed by atoms with Crippen LogP contribution in [0.5, 0.6) is 5.75 Å². The molecule has 0 aliphatic carbocycles. The predicted octanol–water partition coefficient (Wildman–Crippen LogP) is 2.48. The quantitative estimate of drug-likeness (QED) is 0.553. The molecule has 0 atom stereocenters. The Labute approximate surface area is 173 Å². The lowest BCUT2D eigenvalue weighted by Crippen LogP contribution is -2.30. The molecule has 156 valence electrons. The number of H-pyrrole nitrogens is 1. The van der Waals surface area contributed by atoms with Crippen molar-refractivity contribution in [3.63, 3.8) is 0 Å². The highest BCUT2D eigenvalue weighted by Crippen LogP contribution is 2.19. The summed E-state index contributed by atoms with van der Waals surface area (Å²) in [6.07, 6.45) is 2.60. The van der Waals surface area contributed by atoms with E-state index in [4.69, 9.17) is 4.74 Å². The van der Waals surface area contributed by atoms with E-state index in [1.165, 1.54) is 32.4 Å². The third-order valence-corrected chi connectivity index (χ3v) is 4.51. The van der Waals surface area contributed by atoms with Gasteiger partial charge in [0.25, 0.3) is 5.91 Å². The standard InChI is InChI=1S/C22H22N2O6/c1-28-21(26)15-9-16(22(27)29-2)11-17(10-15)30-13-20(25)23-8-7-14-12-24-19-6-4-3-5-18(14)19/h3-6,9-12,24H,7-8,13H2,1-2H3,(H,23,25). The number of para-hydroxylation sites is 1.